The van der Waals surface area contributed by atoms with Gasteiger partial charge >= 0.3 is 5.97 Å². The molecule has 1 aromatic rings. The number of amides is 1. The van der Waals surface area contributed by atoms with Gasteiger partial charge in [-0.15, -0.1) is 0 Å². The van der Waals surface area contributed by atoms with Crippen LogP contribution in [-0.2, 0) is 20.7 Å². The highest BCUT2D eigenvalue weighted by atomic mass is 79.9. The second-order valence-electron chi connectivity index (χ2n) is 3.61. The second-order valence-corrected chi connectivity index (χ2v) is 4.53. The molecule has 0 fully saturated rings. The summed E-state index contributed by atoms with van der Waals surface area (Å²) in [6.45, 7) is 1.37. The number of hydrogen-bond donors (Lipinski definition) is 1. The molecule has 5 heteroatoms. The number of esters is 1. The molecular weight excluding hydrogens is 286 g/mol. The molecule has 0 aliphatic heterocycles. The Morgan fingerprint density at radius 2 is 2.18 bits per heavy atom. The lowest BCUT2D eigenvalue weighted by Crippen LogP contribution is -2.41. The van der Waals surface area contributed by atoms with Crippen LogP contribution in [0.2, 0.25) is 0 Å². The van der Waals surface area contributed by atoms with Crippen LogP contribution >= 0.6 is 15.9 Å². The summed E-state index contributed by atoms with van der Waals surface area (Å²) in [5, 5.41) is 2.57. The van der Waals surface area contributed by atoms with Crippen molar-refractivity contribution in [1.82, 2.24) is 5.32 Å². The first kappa shape index (κ1) is 13.7. The van der Waals surface area contributed by atoms with Gasteiger partial charge in [0.1, 0.15) is 6.04 Å². The maximum absolute atomic E-state index is 11.5. The minimum atomic E-state index is -0.646. The Labute approximate surface area is 108 Å². The summed E-state index contributed by atoms with van der Waals surface area (Å²) in [4.78, 5) is 22.5. The molecule has 1 rings (SSSR count). The lowest BCUT2D eigenvalue weighted by atomic mass is 10.1. The maximum atomic E-state index is 11.5. The van der Waals surface area contributed by atoms with Crippen LogP contribution in [0.5, 0.6) is 0 Å². The minimum absolute atomic E-state index is 0.254. The summed E-state index contributed by atoms with van der Waals surface area (Å²) in [6, 6.07) is 6.92. The van der Waals surface area contributed by atoms with E-state index >= 15 is 0 Å². The van der Waals surface area contributed by atoms with Gasteiger partial charge in [-0.05, 0) is 17.7 Å². The van der Waals surface area contributed by atoms with Crippen molar-refractivity contribution in [3.63, 3.8) is 0 Å². The van der Waals surface area contributed by atoms with Crippen molar-refractivity contribution in [3.8, 4) is 0 Å². The molecule has 0 aliphatic rings. The van der Waals surface area contributed by atoms with Crippen LogP contribution in [0, 0.1) is 0 Å². The van der Waals surface area contributed by atoms with Gasteiger partial charge in [-0.2, -0.15) is 0 Å². The summed E-state index contributed by atoms with van der Waals surface area (Å²) in [6.07, 6.45) is 0.408. The third-order valence-corrected chi connectivity index (χ3v) is 2.69. The van der Waals surface area contributed by atoms with Crippen molar-refractivity contribution in [3.05, 3.63) is 34.3 Å². The Morgan fingerprint density at radius 1 is 1.47 bits per heavy atom. The smallest absolute Gasteiger partial charge is 0.328 e. The number of carbonyl (C=O) groups excluding carboxylic acids is 2. The van der Waals surface area contributed by atoms with Crippen molar-refractivity contribution in [2.75, 3.05) is 7.11 Å². The van der Waals surface area contributed by atoms with E-state index in [1.54, 1.807) is 0 Å². The quantitative estimate of drug-likeness (QED) is 0.861. The van der Waals surface area contributed by atoms with E-state index in [-0.39, 0.29) is 5.91 Å². The number of hydrogen-bond acceptors (Lipinski definition) is 3. The Balaban J connectivity index is 2.78. The number of methoxy groups -OCH3 is 1. The van der Waals surface area contributed by atoms with E-state index in [0.29, 0.717) is 6.42 Å². The number of carbonyl (C=O) groups is 2. The third kappa shape index (κ3) is 4.56. The third-order valence-electron chi connectivity index (χ3n) is 2.19. The van der Waals surface area contributed by atoms with Crippen molar-refractivity contribution < 1.29 is 14.3 Å². The summed E-state index contributed by atoms with van der Waals surface area (Å²) in [5.41, 5.74) is 0.948. The molecule has 17 heavy (non-hydrogen) atoms. The van der Waals surface area contributed by atoms with Crippen LogP contribution in [0.1, 0.15) is 12.5 Å². The number of benzene rings is 1. The standard InChI is InChI=1S/C12H14BrNO3/c1-8(15)14-11(12(16)17-2)7-9-4-3-5-10(13)6-9/h3-6,11H,7H2,1-2H3,(H,14,15)/t11-/m0/s1. The maximum Gasteiger partial charge on any atom is 0.328 e. The van der Waals surface area contributed by atoms with E-state index in [1.165, 1.54) is 14.0 Å². The molecule has 92 valence electrons. The van der Waals surface area contributed by atoms with E-state index in [1.807, 2.05) is 24.3 Å². The second kappa shape index (κ2) is 6.39. The van der Waals surface area contributed by atoms with Crippen molar-refractivity contribution >= 4 is 27.8 Å². The van der Waals surface area contributed by atoms with E-state index in [9.17, 15) is 9.59 Å². The molecule has 1 N–H and O–H groups in total. The molecule has 0 aromatic heterocycles. The highest BCUT2D eigenvalue weighted by Gasteiger charge is 2.20. The fraction of sp³-hybridized carbons (Fsp3) is 0.333. The van der Waals surface area contributed by atoms with Gasteiger partial charge in [0.25, 0.3) is 0 Å². The molecule has 1 aromatic carbocycles. The predicted molar refractivity (Wildman–Crippen MR) is 67.5 cm³/mol. The highest BCUT2D eigenvalue weighted by molar-refractivity contribution is 9.10. The molecule has 1 amide bonds. The first-order valence-electron chi connectivity index (χ1n) is 5.12. The molecule has 1 atom stereocenters. The summed E-state index contributed by atoms with van der Waals surface area (Å²) in [7, 11) is 1.30. The zero-order chi connectivity index (χ0) is 12.8. The van der Waals surface area contributed by atoms with Gasteiger partial charge in [-0.3, -0.25) is 4.79 Å². The zero-order valence-corrected chi connectivity index (χ0v) is 11.3. The fourth-order valence-electron chi connectivity index (χ4n) is 1.48. The molecule has 0 saturated carbocycles. The topological polar surface area (TPSA) is 55.4 Å². The van der Waals surface area contributed by atoms with Gasteiger partial charge in [0.05, 0.1) is 7.11 Å². The van der Waals surface area contributed by atoms with Gasteiger partial charge in [0.15, 0.2) is 0 Å². The molecule has 4 nitrogen and oxygen atoms in total. The fourth-order valence-corrected chi connectivity index (χ4v) is 1.93. The van der Waals surface area contributed by atoms with Gasteiger partial charge in [-0.25, -0.2) is 4.79 Å². The summed E-state index contributed by atoms with van der Waals surface area (Å²) < 4.78 is 5.58. The van der Waals surface area contributed by atoms with E-state index in [2.05, 4.69) is 26.0 Å². The molecular formula is C12H14BrNO3. The van der Waals surface area contributed by atoms with Crippen molar-refractivity contribution in [1.29, 1.82) is 0 Å². The Kier molecular flexibility index (Phi) is 5.15. The van der Waals surface area contributed by atoms with E-state index in [4.69, 9.17) is 0 Å². The van der Waals surface area contributed by atoms with Gasteiger partial charge in [0, 0.05) is 17.8 Å². The Morgan fingerprint density at radius 3 is 2.71 bits per heavy atom. The minimum Gasteiger partial charge on any atom is -0.467 e. The van der Waals surface area contributed by atoms with E-state index in [0.717, 1.165) is 10.0 Å². The van der Waals surface area contributed by atoms with Crippen LogP contribution in [0.3, 0.4) is 0 Å². The molecule has 0 aliphatic carbocycles. The SMILES string of the molecule is COC(=O)[C@H](Cc1cccc(Br)c1)NC(C)=O. The Bertz CT molecular complexity index is 420. The predicted octanol–water partition coefficient (Wildman–Crippen LogP) is 1.67. The molecule has 0 saturated heterocycles. The molecule has 0 bridgehead atoms. The normalized spacial score (nSPS) is 11.7. The van der Waals surface area contributed by atoms with Crippen LogP contribution in [-0.4, -0.2) is 25.0 Å². The monoisotopic (exact) mass is 299 g/mol. The average Bonchev–Trinajstić information content (AvgIpc) is 2.26. The summed E-state index contributed by atoms with van der Waals surface area (Å²) in [5.74, 6) is -0.699. The van der Waals surface area contributed by atoms with Crippen molar-refractivity contribution in [2.24, 2.45) is 0 Å². The number of halogens is 1. The van der Waals surface area contributed by atoms with Crippen LogP contribution in [0.4, 0.5) is 0 Å². The zero-order valence-electron chi connectivity index (χ0n) is 9.70. The van der Waals surface area contributed by atoms with Crippen LogP contribution < -0.4 is 5.32 Å². The number of rotatable bonds is 4. The lowest BCUT2D eigenvalue weighted by Gasteiger charge is -2.15. The molecule has 0 radical (unpaired) electrons. The van der Waals surface area contributed by atoms with E-state index < -0.39 is 12.0 Å². The number of ether oxygens (including phenoxy) is 1. The molecule has 0 unspecified atom stereocenters. The number of nitrogens with one attached hydrogen (secondary N) is 1. The van der Waals surface area contributed by atoms with Crippen LogP contribution in [0.15, 0.2) is 28.7 Å². The lowest BCUT2D eigenvalue weighted by molar-refractivity contribution is -0.144. The van der Waals surface area contributed by atoms with Gasteiger partial charge in [-0.1, -0.05) is 28.1 Å². The highest BCUT2D eigenvalue weighted by Crippen LogP contribution is 2.13. The Hall–Kier alpha value is -1.36. The van der Waals surface area contributed by atoms with Gasteiger partial charge in [0.2, 0.25) is 5.91 Å². The first-order chi connectivity index (χ1) is 8.02. The summed E-state index contributed by atoms with van der Waals surface area (Å²) >= 11 is 3.35. The largest absolute Gasteiger partial charge is 0.467 e. The molecule has 0 spiro atoms. The average molecular weight is 300 g/mol. The molecule has 0 heterocycles. The van der Waals surface area contributed by atoms with Gasteiger partial charge < -0.3 is 10.1 Å². The van der Waals surface area contributed by atoms with Crippen LogP contribution in [0.25, 0.3) is 0 Å². The van der Waals surface area contributed by atoms with Crippen molar-refractivity contribution in [2.45, 2.75) is 19.4 Å². The first-order valence-corrected chi connectivity index (χ1v) is 5.91.